The molecule has 0 saturated heterocycles. The third-order valence-electron chi connectivity index (χ3n) is 3.15. The number of pyridine rings is 1. The Balaban J connectivity index is 1.69. The normalized spacial score (nSPS) is 11.9. The van der Waals surface area contributed by atoms with Crippen LogP contribution in [0.15, 0.2) is 53.7 Å². The van der Waals surface area contributed by atoms with Crippen LogP contribution in [-0.4, -0.2) is 21.2 Å². The van der Waals surface area contributed by atoms with E-state index in [0.717, 1.165) is 16.9 Å². The summed E-state index contributed by atoms with van der Waals surface area (Å²) >= 11 is 1.66. The molecule has 1 unspecified atom stereocenters. The van der Waals surface area contributed by atoms with Crippen molar-refractivity contribution in [2.24, 2.45) is 0 Å². The Hall–Kier alpha value is -2.01. The SMILES string of the molecule is CC(CCC(=O)NCc1cccnc1)Sc1cccc(O)c1. The second-order valence-electron chi connectivity index (χ2n) is 5.10. The fraction of sp³-hybridized carbons (Fsp3) is 0.294. The molecule has 4 nitrogen and oxygen atoms in total. The zero-order chi connectivity index (χ0) is 15.8. The molecule has 1 atom stereocenters. The van der Waals surface area contributed by atoms with Gasteiger partial charge in [0.05, 0.1) is 0 Å². The first kappa shape index (κ1) is 16.4. The van der Waals surface area contributed by atoms with Gasteiger partial charge in [-0.05, 0) is 36.2 Å². The first-order valence-corrected chi connectivity index (χ1v) is 8.13. The highest BCUT2D eigenvalue weighted by Gasteiger charge is 2.08. The van der Waals surface area contributed by atoms with Gasteiger partial charge in [0.2, 0.25) is 5.91 Å². The highest BCUT2D eigenvalue weighted by Crippen LogP contribution is 2.28. The Bertz CT molecular complexity index is 605. The molecule has 2 aromatic rings. The molecule has 0 aliphatic rings. The maximum atomic E-state index is 11.8. The number of nitrogens with zero attached hydrogens (tertiary/aromatic N) is 1. The minimum Gasteiger partial charge on any atom is -0.508 e. The lowest BCUT2D eigenvalue weighted by Gasteiger charge is -2.11. The molecule has 0 spiro atoms. The quantitative estimate of drug-likeness (QED) is 0.769. The molecule has 1 heterocycles. The van der Waals surface area contributed by atoms with Crippen LogP contribution in [0.3, 0.4) is 0 Å². The van der Waals surface area contributed by atoms with Crippen LogP contribution >= 0.6 is 11.8 Å². The Labute approximate surface area is 135 Å². The topological polar surface area (TPSA) is 62.2 Å². The number of nitrogens with one attached hydrogen (secondary N) is 1. The van der Waals surface area contributed by atoms with Crippen molar-refractivity contribution in [3.05, 3.63) is 54.4 Å². The molecule has 116 valence electrons. The van der Waals surface area contributed by atoms with Crippen molar-refractivity contribution in [3.63, 3.8) is 0 Å². The van der Waals surface area contributed by atoms with Crippen LogP contribution in [0.1, 0.15) is 25.3 Å². The van der Waals surface area contributed by atoms with Gasteiger partial charge in [-0.15, -0.1) is 11.8 Å². The van der Waals surface area contributed by atoms with Crippen molar-refractivity contribution >= 4 is 17.7 Å². The summed E-state index contributed by atoms with van der Waals surface area (Å²) in [5.74, 6) is 0.318. The monoisotopic (exact) mass is 316 g/mol. The van der Waals surface area contributed by atoms with Gasteiger partial charge in [0.15, 0.2) is 0 Å². The molecule has 1 amide bonds. The summed E-state index contributed by atoms with van der Waals surface area (Å²) in [5.41, 5.74) is 0.998. The van der Waals surface area contributed by atoms with Crippen LogP contribution in [-0.2, 0) is 11.3 Å². The summed E-state index contributed by atoms with van der Waals surface area (Å²) in [6.45, 7) is 2.60. The van der Waals surface area contributed by atoms with Crippen LogP contribution in [0.4, 0.5) is 0 Å². The number of hydrogen-bond donors (Lipinski definition) is 2. The van der Waals surface area contributed by atoms with Crippen molar-refractivity contribution in [1.82, 2.24) is 10.3 Å². The summed E-state index contributed by atoms with van der Waals surface area (Å²) in [6, 6.07) is 11.0. The standard InChI is InChI=1S/C17H20N2O2S/c1-13(22-16-6-2-5-15(20)10-16)7-8-17(21)19-12-14-4-3-9-18-11-14/h2-6,9-11,13,20H,7-8,12H2,1H3,(H,19,21). The number of amides is 1. The Morgan fingerprint density at radius 2 is 2.23 bits per heavy atom. The Kier molecular flexibility index (Phi) is 6.27. The van der Waals surface area contributed by atoms with Gasteiger partial charge in [-0.3, -0.25) is 9.78 Å². The second-order valence-corrected chi connectivity index (χ2v) is 6.61. The number of hydrogen-bond acceptors (Lipinski definition) is 4. The average Bonchev–Trinajstić information content (AvgIpc) is 2.52. The van der Waals surface area contributed by atoms with Crippen LogP contribution < -0.4 is 5.32 Å². The molecule has 0 fully saturated rings. The Morgan fingerprint density at radius 1 is 1.36 bits per heavy atom. The molecular weight excluding hydrogens is 296 g/mol. The van der Waals surface area contributed by atoms with E-state index in [9.17, 15) is 9.90 Å². The molecule has 2 N–H and O–H groups in total. The van der Waals surface area contributed by atoms with Crippen LogP contribution in [0.25, 0.3) is 0 Å². The van der Waals surface area contributed by atoms with Crippen LogP contribution in [0, 0.1) is 0 Å². The van der Waals surface area contributed by atoms with Crippen molar-refractivity contribution in [2.45, 2.75) is 36.5 Å². The van der Waals surface area contributed by atoms with Crippen molar-refractivity contribution in [2.75, 3.05) is 0 Å². The van der Waals surface area contributed by atoms with Gasteiger partial charge >= 0.3 is 0 Å². The minimum atomic E-state index is 0.0483. The van der Waals surface area contributed by atoms with Gasteiger partial charge in [-0.1, -0.05) is 19.1 Å². The maximum Gasteiger partial charge on any atom is 0.220 e. The molecule has 22 heavy (non-hydrogen) atoms. The molecular formula is C17H20N2O2S. The zero-order valence-electron chi connectivity index (χ0n) is 12.5. The number of aromatic nitrogens is 1. The molecule has 0 radical (unpaired) electrons. The summed E-state index contributed by atoms with van der Waals surface area (Å²) in [5, 5.41) is 12.6. The van der Waals surface area contributed by atoms with E-state index >= 15 is 0 Å². The largest absolute Gasteiger partial charge is 0.508 e. The van der Waals surface area contributed by atoms with E-state index < -0.39 is 0 Å². The van der Waals surface area contributed by atoms with Crippen molar-refractivity contribution in [1.29, 1.82) is 0 Å². The fourth-order valence-corrected chi connectivity index (χ4v) is 3.02. The Morgan fingerprint density at radius 3 is 2.95 bits per heavy atom. The lowest BCUT2D eigenvalue weighted by molar-refractivity contribution is -0.121. The van der Waals surface area contributed by atoms with E-state index in [1.165, 1.54) is 0 Å². The van der Waals surface area contributed by atoms with Gasteiger partial charge < -0.3 is 10.4 Å². The number of phenolic OH excluding ortho intramolecular Hbond substituents is 1. The predicted octanol–water partition coefficient (Wildman–Crippen LogP) is 3.36. The van der Waals surface area contributed by atoms with Gasteiger partial charge in [0.25, 0.3) is 0 Å². The van der Waals surface area contributed by atoms with E-state index in [-0.39, 0.29) is 11.7 Å². The second kappa shape index (κ2) is 8.44. The van der Waals surface area contributed by atoms with Gasteiger partial charge in [0, 0.05) is 35.5 Å². The first-order valence-electron chi connectivity index (χ1n) is 7.25. The maximum absolute atomic E-state index is 11.8. The van der Waals surface area contributed by atoms with Crippen molar-refractivity contribution in [3.8, 4) is 5.75 Å². The van der Waals surface area contributed by atoms with E-state index in [1.54, 1.807) is 36.3 Å². The van der Waals surface area contributed by atoms with Gasteiger partial charge in [0.1, 0.15) is 5.75 Å². The van der Waals surface area contributed by atoms with E-state index in [0.29, 0.717) is 18.2 Å². The molecule has 0 bridgehead atoms. The van der Waals surface area contributed by atoms with Gasteiger partial charge in [-0.25, -0.2) is 0 Å². The number of rotatable bonds is 7. The third kappa shape index (κ3) is 5.77. The molecule has 0 aliphatic carbocycles. The fourth-order valence-electron chi connectivity index (χ4n) is 1.97. The summed E-state index contributed by atoms with van der Waals surface area (Å²) in [4.78, 5) is 16.9. The van der Waals surface area contributed by atoms with Crippen molar-refractivity contribution < 1.29 is 9.90 Å². The number of carbonyl (C=O) groups excluding carboxylic acids is 1. The van der Waals surface area contributed by atoms with Crippen LogP contribution in [0.2, 0.25) is 0 Å². The van der Waals surface area contributed by atoms with E-state index in [4.69, 9.17) is 0 Å². The first-order chi connectivity index (χ1) is 10.6. The third-order valence-corrected chi connectivity index (χ3v) is 4.31. The van der Waals surface area contributed by atoms with Gasteiger partial charge in [-0.2, -0.15) is 0 Å². The molecule has 5 heteroatoms. The predicted molar refractivity (Wildman–Crippen MR) is 88.7 cm³/mol. The average molecular weight is 316 g/mol. The number of benzene rings is 1. The van der Waals surface area contributed by atoms with Crippen LogP contribution in [0.5, 0.6) is 5.75 Å². The molecule has 0 aliphatic heterocycles. The van der Waals surface area contributed by atoms with E-state index in [1.807, 2.05) is 24.3 Å². The number of aromatic hydroxyl groups is 1. The summed E-state index contributed by atoms with van der Waals surface area (Å²) < 4.78 is 0. The summed E-state index contributed by atoms with van der Waals surface area (Å²) in [7, 11) is 0. The molecule has 1 aromatic heterocycles. The number of phenols is 1. The molecule has 0 saturated carbocycles. The summed E-state index contributed by atoms with van der Waals surface area (Å²) in [6.07, 6.45) is 4.75. The number of thioether (sulfide) groups is 1. The highest BCUT2D eigenvalue weighted by atomic mass is 32.2. The lowest BCUT2D eigenvalue weighted by Crippen LogP contribution is -2.23. The number of carbonyl (C=O) groups is 1. The van der Waals surface area contributed by atoms with E-state index in [2.05, 4.69) is 17.2 Å². The minimum absolute atomic E-state index is 0.0483. The molecule has 2 rings (SSSR count). The smallest absolute Gasteiger partial charge is 0.220 e. The molecule has 1 aromatic carbocycles. The zero-order valence-corrected chi connectivity index (χ0v) is 13.3. The highest BCUT2D eigenvalue weighted by molar-refractivity contribution is 7.99. The lowest BCUT2D eigenvalue weighted by atomic mass is 10.2.